The van der Waals surface area contributed by atoms with Crippen LogP contribution in [0.1, 0.15) is 17.3 Å². The van der Waals surface area contributed by atoms with E-state index < -0.39 is 29.3 Å². The largest absolute Gasteiger partial charge is 0.573 e. The van der Waals surface area contributed by atoms with E-state index in [0.29, 0.717) is 0 Å². The summed E-state index contributed by atoms with van der Waals surface area (Å²) < 4.78 is 52.6. The molecule has 7 heteroatoms. The molecule has 16 heavy (non-hydrogen) atoms. The summed E-state index contributed by atoms with van der Waals surface area (Å²) in [6.07, 6.45) is -5.05. The predicted molar refractivity (Wildman–Crippen MR) is 50.8 cm³/mol. The van der Waals surface area contributed by atoms with E-state index in [2.05, 4.69) is 20.7 Å². The molecule has 88 valence electrons. The summed E-state index contributed by atoms with van der Waals surface area (Å²) in [6, 6.07) is 1.91. The summed E-state index contributed by atoms with van der Waals surface area (Å²) in [5, 5.41) is 0. The molecule has 0 N–H and O–H groups in total. The zero-order chi connectivity index (χ0) is 12.5. The molecule has 0 aromatic heterocycles. The number of Topliss-reactive ketones (excluding diaryl/α,β-unsaturated/α-hetero) is 1. The summed E-state index contributed by atoms with van der Waals surface area (Å²) in [5.74, 6) is -3.09. The van der Waals surface area contributed by atoms with E-state index in [1.807, 2.05) is 0 Å². The molecule has 2 nitrogen and oxygen atoms in total. The average molecular weight is 301 g/mol. The minimum absolute atomic E-state index is 0.0423. The van der Waals surface area contributed by atoms with Crippen molar-refractivity contribution in [3.63, 3.8) is 0 Å². The maximum Gasteiger partial charge on any atom is 0.573 e. The van der Waals surface area contributed by atoms with Crippen LogP contribution in [0.4, 0.5) is 17.6 Å². The lowest BCUT2D eigenvalue weighted by Gasteiger charge is -2.13. The van der Waals surface area contributed by atoms with Gasteiger partial charge in [0.15, 0.2) is 17.3 Å². The van der Waals surface area contributed by atoms with Crippen molar-refractivity contribution in [3.8, 4) is 5.75 Å². The Balaban J connectivity index is 3.35. The number of rotatable bonds is 2. The summed E-state index contributed by atoms with van der Waals surface area (Å²) >= 11 is 2.85. The fraction of sp³-hybridized carbons (Fsp3) is 0.222. The molecule has 0 aliphatic heterocycles. The monoisotopic (exact) mass is 300 g/mol. The van der Waals surface area contributed by atoms with Crippen molar-refractivity contribution < 1.29 is 27.1 Å². The molecule has 0 heterocycles. The van der Waals surface area contributed by atoms with E-state index in [0.717, 1.165) is 19.1 Å². The van der Waals surface area contributed by atoms with Crippen LogP contribution in [-0.2, 0) is 0 Å². The molecule has 0 amide bonds. The van der Waals surface area contributed by atoms with Crippen LogP contribution < -0.4 is 4.74 Å². The second kappa shape index (κ2) is 4.40. The summed E-state index contributed by atoms with van der Waals surface area (Å²) in [4.78, 5) is 11.1. The van der Waals surface area contributed by atoms with Gasteiger partial charge in [-0.3, -0.25) is 4.79 Å². The molecule has 0 bridgehead atoms. The second-order valence-corrected chi connectivity index (χ2v) is 3.69. The number of ketones is 1. The molecule has 0 atom stereocenters. The number of alkyl halides is 3. The molecule has 0 fully saturated rings. The first kappa shape index (κ1) is 13.0. The number of hydrogen-bond donors (Lipinski definition) is 0. The molecule has 0 unspecified atom stereocenters. The van der Waals surface area contributed by atoms with Gasteiger partial charge >= 0.3 is 6.36 Å². The summed E-state index contributed by atoms with van der Waals surface area (Å²) in [7, 11) is 0. The smallest absolute Gasteiger partial charge is 0.402 e. The third-order valence-electron chi connectivity index (χ3n) is 1.63. The number of ether oxygens (including phenoxy) is 1. The fourth-order valence-corrected chi connectivity index (χ4v) is 1.67. The SMILES string of the molecule is CC(=O)c1c(Br)ccc(F)c1OC(F)(F)F. The zero-order valence-corrected chi connectivity index (χ0v) is 9.45. The highest BCUT2D eigenvalue weighted by Gasteiger charge is 2.34. The topological polar surface area (TPSA) is 26.3 Å². The highest BCUT2D eigenvalue weighted by atomic mass is 79.9. The van der Waals surface area contributed by atoms with E-state index >= 15 is 0 Å². The van der Waals surface area contributed by atoms with E-state index in [-0.39, 0.29) is 4.47 Å². The lowest BCUT2D eigenvalue weighted by molar-refractivity contribution is -0.275. The van der Waals surface area contributed by atoms with Gasteiger partial charge in [-0.15, -0.1) is 13.2 Å². The first-order chi connectivity index (χ1) is 7.22. The van der Waals surface area contributed by atoms with Crippen LogP contribution >= 0.6 is 15.9 Å². The Morgan fingerprint density at radius 1 is 1.38 bits per heavy atom. The molecule has 0 saturated carbocycles. The van der Waals surface area contributed by atoms with E-state index in [4.69, 9.17) is 0 Å². The molecule has 1 rings (SSSR count). The van der Waals surface area contributed by atoms with Gasteiger partial charge in [-0.1, -0.05) is 0 Å². The summed E-state index contributed by atoms with van der Waals surface area (Å²) in [5.41, 5.74) is -0.475. The molecule has 0 aliphatic carbocycles. The number of halogens is 5. The van der Waals surface area contributed by atoms with Gasteiger partial charge in [0.1, 0.15) is 0 Å². The zero-order valence-electron chi connectivity index (χ0n) is 7.86. The minimum Gasteiger partial charge on any atom is -0.402 e. The van der Waals surface area contributed by atoms with Gasteiger partial charge in [0.25, 0.3) is 0 Å². The first-order valence-electron chi connectivity index (χ1n) is 3.97. The normalized spacial score (nSPS) is 11.4. The van der Waals surface area contributed by atoms with Crippen LogP contribution in [0.2, 0.25) is 0 Å². The molecule has 0 aliphatic rings. The van der Waals surface area contributed by atoms with Crippen LogP contribution in [-0.4, -0.2) is 12.1 Å². The van der Waals surface area contributed by atoms with Crippen molar-refractivity contribution in [1.29, 1.82) is 0 Å². The van der Waals surface area contributed by atoms with Crippen molar-refractivity contribution in [3.05, 3.63) is 28.0 Å². The average Bonchev–Trinajstić information content (AvgIpc) is 2.08. The Kier molecular flexibility index (Phi) is 3.57. The Morgan fingerprint density at radius 3 is 2.38 bits per heavy atom. The lowest BCUT2D eigenvalue weighted by Crippen LogP contribution is -2.20. The first-order valence-corrected chi connectivity index (χ1v) is 4.76. The minimum atomic E-state index is -5.05. The molecule has 0 saturated heterocycles. The molecular weight excluding hydrogens is 296 g/mol. The van der Waals surface area contributed by atoms with Gasteiger partial charge in [0.05, 0.1) is 5.56 Å². The maximum atomic E-state index is 13.1. The number of carbonyl (C=O) groups excluding carboxylic acids is 1. The Bertz CT molecular complexity index is 428. The van der Waals surface area contributed by atoms with Gasteiger partial charge in [0, 0.05) is 4.47 Å². The van der Waals surface area contributed by atoms with Crippen molar-refractivity contribution in [2.75, 3.05) is 0 Å². The number of carbonyl (C=O) groups is 1. The lowest BCUT2D eigenvalue weighted by atomic mass is 10.1. The van der Waals surface area contributed by atoms with Gasteiger partial charge < -0.3 is 4.74 Å². The highest BCUT2D eigenvalue weighted by Crippen LogP contribution is 2.34. The second-order valence-electron chi connectivity index (χ2n) is 2.84. The number of benzene rings is 1. The van der Waals surface area contributed by atoms with Crippen molar-refractivity contribution in [2.24, 2.45) is 0 Å². The van der Waals surface area contributed by atoms with Crippen LogP contribution in [0.3, 0.4) is 0 Å². The molecule has 0 spiro atoms. The molecule has 0 radical (unpaired) electrons. The summed E-state index contributed by atoms with van der Waals surface area (Å²) in [6.45, 7) is 1.02. The van der Waals surface area contributed by atoms with E-state index in [1.54, 1.807) is 0 Å². The molecular formula is C9H5BrF4O2. The van der Waals surface area contributed by atoms with Crippen LogP contribution in [0.5, 0.6) is 5.75 Å². The maximum absolute atomic E-state index is 13.1. The standard InChI is InChI=1S/C9H5BrF4O2/c1-4(15)7-5(10)2-3-6(11)8(7)16-9(12,13)14/h2-3H,1H3. The van der Waals surface area contributed by atoms with Gasteiger partial charge in [-0.2, -0.15) is 0 Å². The van der Waals surface area contributed by atoms with Gasteiger partial charge in [-0.25, -0.2) is 4.39 Å². The fourth-order valence-electron chi connectivity index (χ4n) is 1.08. The van der Waals surface area contributed by atoms with Crippen LogP contribution in [0.25, 0.3) is 0 Å². The van der Waals surface area contributed by atoms with Crippen molar-refractivity contribution in [1.82, 2.24) is 0 Å². The predicted octanol–water partition coefficient (Wildman–Crippen LogP) is 3.69. The Labute approximate surface area is 96.3 Å². The molecule has 1 aromatic carbocycles. The van der Waals surface area contributed by atoms with Gasteiger partial charge in [-0.05, 0) is 35.0 Å². The van der Waals surface area contributed by atoms with Gasteiger partial charge in [0.2, 0.25) is 0 Å². The van der Waals surface area contributed by atoms with Crippen molar-refractivity contribution in [2.45, 2.75) is 13.3 Å². The number of hydrogen-bond acceptors (Lipinski definition) is 2. The highest BCUT2D eigenvalue weighted by molar-refractivity contribution is 9.10. The van der Waals surface area contributed by atoms with E-state index in [9.17, 15) is 22.4 Å². The Morgan fingerprint density at radius 2 is 1.94 bits per heavy atom. The van der Waals surface area contributed by atoms with Crippen molar-refractivity contribution >= 4 is 21.7 Å². The third kappa shape index (κ3) is 2.94. The quantitative estimate of drug-likeness (QED) is 0.615. The van der Waals surface area contributed by atoms with E-state index in [1.165, 1.54) is 0 Å². The third-order valence-corrected chi connectivity index (χ3v) is 2.29. The Hall–Kier alpha value is -1.11. The molecule has 1 aromatic rings. The van der Waals surface area contributed by atoms with Crippen LogP contribution in [0.15, 0.2) is 16.6 Å². The van der Waals surface area contributed by atoms with Crippen LogP contribution in [0, 0.1) is 5.82 Å².